The van der Waals surface area contributed by atoms with Crippen LogP contribution in [-0.2, 0) is 12.8 Å². The molecule has 0 amide bonds. The number of aryl methyl sites for hydroxylation is 1. The quantitative estimate of drug-likeness (QED) is 0.670. The number of rotatable bonds is 8. The SMILES string of the molecule is COc1cc2c3c(c(NC4CC4C#N)nc2cc1OCCCN1CCCC1)CCC3. The molecule has 3 aliphatic rings. The van der Waals surface area contributed by atoms with E-state index in [4.69, 9.17) is 19.7 Å². The van der Waals surface area contributed by atoms with Gasteiger partial charge in [0.05, 0.1) is 31.2 Å². The summed E-state index contributed by atoms with van der Waals surface area (Å²) >= 11 is 0. The summed E-state index contributed by atoms with van der Waals surface area (Å²) in [5.74, 6) is 2.63. The molecule has 1 N–H and O–H groups in total. The minimum Gasteiger partial charge on any atom is -0.493 e. The molecule has 2 heterocycles. The lowest BCUT2D eigenvalue weighted by molar-refractivity contribution is 0.254. The summed E-state index contributed by atoms with van der Waals surface area (Å²) in [6.45, 7) is 4.22. The van der Waals surface area contributed by atoms with Crippen LogP contribution < -0.4 is 14.8 Å². The second-order valence-corrected chi connectivity index (χ2v) is 8.76. The van der Waals surface area contributed by atoms with E-state index < -0.39 is 0 Å². The number of benzene rings is 1. The highest BCUT2D eigenvalue weighted by molar-refractivity contribution is 5.89. The molecule has 30 heavy (non-hydrogen) atoms. The molecule has 1 aromatic carbocycles. The van der Waals surface area contributed by atoms with Crippen LogP contribution in [0.5, 0.6) is 11.5 Å². The maximum absolute atomic E-state index is 9.14. The predicted molar refractivity (Wildman–Crippen MR) is 117 cm³/mol. The van der Waals surface area contributed by atoms with Crippen LogP contribution in [0.15, 0.2) is 12.1 Å². The first-order valence-corrected chi connectivity index (χ1v) is 11.3. The zero-order chi connectivity index (χ0) is 20.5. The van der Waals surface area contributed by atoms with E-state index in [1.54, 1.807) is 7.11 Å². The van der Waals surface area contributed by atoms with Crippen LogP contribution in [-0.4, -0.2) is 49.3 Å². The summed E-state index contributed by atoms with van der Waals surface area (Å²) in [4.78, 5) is 7.47. The van der Waals surface area contributed by atoms with Gasteiger partial charge in [-0.3, -0.25) is 0 Å². The Labute approximate surface area is 178 Å². The molecule has 2 fully saturated rings. The number of methoxy groups -OCH3 is 1. The van der Waals surface area contributed by atoms with Crippen molar-refractivity contribution in [3.05, 3.63) is 23.3 Å². The Morgan fingerprint density at radius 1 is 1.17 bits per heavy atom. The number of nitriles is 1. The molecule has 6 heteroatoms. The molecule has 0 bridgehead atoms. The van der Waals surface area contributed by atoms with Crippen molar-refractivity contribution in [1.82, 2.24) is 9.88 Å². The van der Waals surface area contributed by atoms with Gasteiger partial charge in [0.15, 0.2) is 11.5 Å². The van der Waals surface area contributed by atoms with E-state index in [9.17, 15) is 0 Å². The van der Waals surface area contributed by atoms with E-state index in [1.165, 1.54) is 42.4 Å². The average molecular weight is 407 g/mol. The Morgan fingerprint density at radius 2 is 2.00 bits per heavy atom. The second kappa shape index (κ2) is 8.31. The van der Waals surface area contributed by atoms with Crippen molar-refractivity contribution in [2.75, 3.05) is 38.7 Å². The fourth-order valence-corrected chi connectivity index (χ4v) is 4.91. The highest BCUT2D eigenvalue weighted by Gasteiger charge is 2.38. The summed E-state index contributed by atoms with van der Waals surface area (Å²) in [7, 11) is 1.71. The van der Waals surface area contributed by atoms with Gasteiger partial charge in [-0.2, -0.15) is 5.26 Å². The maximum atomic E-state index is 9.14. The van der Waals surface area contributed by atoms with Gasteiger partial charge in [-0.25, -0.2) is 4.98 Å². The molecule has 1 saturated carbocycles. The normalized spacial score (nSPS) is 22.7. The maximum Gasteiger partial charge on any atom is 0.163 e. The van der Waals surface area contributed by atoms with E-state index >= 15 is 0 Å². The lowest BCUT2D eigenvalue weighted by Gasteiger charge is -2.17. The summed E-state index contributed by atoms with van der Waals surface area (Å²) in [5.41, 5.74) is 3.63. The first kappa shape index (κ1) is 19.4. The van der Waals surface area contributed by atoms with Crippen molar-refractivity contribution in [1.29, 1.82) is 5.26 Å². The second-order valence-electron chi connectivity index (χ2n) is 8.76. The van der Waals surface area contributed by atoms with Crippen molar-refractivity contribution in [3.8, 4) is 17.6 Å². The number of fused-ring (bicyclic) bond motifs is 3. The molecule has 2 unspecified atom stereocenters. The van der Waals surface area contributed by atoms with Crippen LogP contribution in [0.4, 0.5) is 5.82 Å². The largest absolute Gasteiger partial charge is 0.493 e. The lowest BCUT2D eigenvalue weighted by Crippen LogP contribution is -2.21. The van der Waals surface area contributed by atoms with Crippen molar-refractivity contribution in [3.63, 3.8) is 0 Å². The molecular formula is C24H30N4O2. The van der Waals surface area contributed by atoms with Gasteiger partial charge >= 0.3 is 0 Å². The molecule has 0 spiro atoms. The smallest absolute Gasteiger partial charge is 0.163 e. The van der Waals surface area contributed by atoms with E-state index in [2.05, 4.69) is 22.4 Å². The van der Waals surface area contributed by atoms with Gasteiger partial charge in [-0.1, -0.05) is 0 Å². The molecule has 6 nitrogen and oxygen atoms in total. The number of nitrogens with zero attached hydrogens (tertiary/aromatic N) is 3. The van der Waals surface area contributed by atoms with Crippen LogP contribution in [0.25, 0.3) is 10.9 Å². The van der Waals surface area contributed by atoms with Gasteiger partial charge < -0.3 is 19.7 Å². The third-order valence-electron chi connectivity index (χ3n) is 6.70. The number of hydrogen-bond donors (Lipinski definition) is 1. The van der Waals surface area contributed by atoms with Crippen molar-refractivity contribution in [2.45, 2.75) is 51.0 Å². The Kier molecular flexibility index (Phi) is 5.39. The van der Waals surface area contributed by atoms with E-state index in [0.717, 1.165) is 61.5 Å². The molecule has 2 aromatic rings. The van der Waals surface area contributed by atoms with E-state index in [0.29, 0.717) is 6.61 Å². The summed E-state index contributed by atoms with van der Waals surface area (Å²) in [6, 6.07) is 6.73. The lowest BCUT2D eigenvalue weighted by atomic mass is 10.0. The molecule has 1 aromatic heterocycles. The number of hydrogen-bond acceptors (Lipinski definition) is 6. The molecule has 158 valence electrons. The van der Waals surface area contributed by atoms with Crippen LogP contribution in [0.3, 0.4) is 0 Å². The van der Waals surface area contributed by atoms with Crippen LogP contribution >= 0.6 is 0 Å². The number of likely N-dealkylation sites (tertiary alicyclic amines) is 1. The van der Waals surface area contributed by atoms with Crippen LogP contribution in [0.1, 0.15) is 43.2 Å². The fourth-order valence-electron chi connectivity index (χ4n) is 4.91. The zero-order valence-electron chi connectivity index (χ0n) is 17.7. The molecule has 2 aliphatic carbocycles. The first-order valence-electron chi connectivity index (χ1n) is 11.3. The van der Waals surface area contributed by atoms with Gasteiger partial charge in [0.1, 0.15) is 5.82 Å². The Balaban J connectivity index is 1.38. The molecule has 2 atom stereocenters. The topological polar surface area (TPSA) is 70.4 Å². The van der Waals surface area contributed by atoms with Gasteiger partial charge in [0.25, 0.3) is 0 Å². The molecule has 1 aliphatic heterocycles. The number of ether oxygens (including phenoxy) is 2. The predicted octanol–water partition coefficient (Wildman–Crippen LogP) is 3.92. The van der Waals surface area contributed by atoms with E-state index in [1.807, 2.05) is 6.07 Å². The number of nitrogens with one attached hydrogen (secondary N) is 1. The van der Waals surface area contributed by atoms with Crippen molar-refractivity contribution in [2.24, 2.45) is 5.92 Å². The standard InChI is InChI=1S/C24H30N4O2/c1-29-22-13-19-17-6-4-7-18(17)24(26-20-12-16(20)15-25)27-21(19)14-23(22)30-11-5-10-28-8-2-3-9-28/h13-14,16,20H,2-12H2,1H3,(H,26,27). The number of anilines is 1. The van der Waals surface area contributed by atoms with Gasteiger partial charge in [-0.15, -0.1) is 0 Å². The number of pyridine rings is 1. The molecule has 1 saturated heterocycles. The van der Waals surface area contributed by atoms with Crippen LogP contribution in [0.2, 0.25) is 0 Å². The van der Waals surface area contributed by atoms with Gasteiger partial charge in [0, 0.05) is 24.0 Å². The fraction of sp³-hybridized carbons (Fsp3) is 0.583. The highest BCUT2D eigenvalue weighted by atomic mass is 16.5. The first-order chi connectivity index (χ1) is 14.8. The molecule has 0 radical (unpaired) electrons. The average Bonchev–Trinajstić information content (AvgIpc) is 3.13. The molecular weight excluding hydrogens is 376 g/mol. The minimum atomic E-state index is 0.116. The van der Waals surface area contributed by atoms with Gasteiger partial charge in [0.2, 0.25) is 0 Å². The third kappa shape index (κ3) is 3.79. The summed E-state index contributed by atoms with van der Waals surface area (Å²) in [5, 5.41) is 13.8. The van der Waals surface area contributed by atoms with E-state index in [-0.39, 0.29) is 12.0 Å². The Hall–Kier alpha value is -2.52. The number of aromatic nitrogens is 1. The van der Waals surface area contributed by atoms with Crippen LogP contribution in [0, 0.1) is 17.2 Å². The Morgan fingerprint density at radius 3 is 2.77 bits per heavy atom. The van der Waals surface area contributed by atoms with Crippen molar-refractivity contribution >= 4 is 16.7 Å². The summed E-state index contributed by atoms with van der Waals surface area (Å²) < 4.78 is 11.8. The highest BCUT2D eigenvalue weighted by Crippen LogP contribution is 2.41. The zero-order valence-corrected chi connectivity index (χ0v) is 17.7. The Bertz CT molecular complexity index is 978. The molecule has 5 rings (SSSR count). The van der Waals surface area contributed by atoms with Crippen molar-refractivity contribution < 1.29 is 9.47 Å². The third-order valence-corrected chi connectivity index (χ3v) is 6.70. The van der Waals surface area contributed by atoms with Gasteiger partial charge in [-0.05, 0) is 75.2 Å². The monoisotopic (exact) mass is 406 g/mol. The summed E-state index contributed by atoms with van der Waals surface area (Å²) in [6.07, 6.45) is 7.83. The minimum absolute atomic E-state index is 0.116.